The van der Waals surface area contributed by atoms with Crippen molar-refractivity contribution in [3.05, 3.63) is 47.7 Å². The van der Waals surface area contributed by atoms with Crippen molar-refractivity contribution in [1.29, 1.82) is 0 Å². The fourth-order valence-electron chi connectivity index (χ4n) is 2.41. The first-order valence-corrected chi connectivity index (χ1v) is 7.88. The Morgan fingerprint density at radius 3 is 2.96 bits per heavy atom. The van der Waals surface area contributed by atoms with Crippen LogP contribution >= 0.6 is 0 Å². The molecular weight excluding hydrogens is 308 g/mol. The lowest BCUT2D eigenvalue weighted by molar-refractivity contribution is 0.0947. The molecule has 0 saturated carbocycles. The summed E-state index contributed by atoms with van der Waals surface area (Å²) >= 11 is 0. The number of carbonyl (C=O) groups is 1. The van der Waals surface area contributed by atoms with Crippen LogP contribution in [0.5, 0.6) is 0 Å². The Hall–Kier alpha value is -2.74. The van der Waals surface area contributed by atoms with Crippen LogP contribution in [0.2, 0.25) is 0 Å². The van der Waals surface area contributed by atoms with E-state index in [0.29, 0.717) is 24.3 Å². The van der Waals surface area contributed by atoms with Crippen molar-refractivity contribution in [2.24, 2.45) is 0 Å². The van der Waals surface area contributed by atoms with Gasteiger partial charge in [-0.2, -0.15) is 10.2 Å². The third kappa shape index (κ3) is 3.77. The third-order valence-corrected chi connectivity index (χ3v) is 3.61. The summed E-state index contributed by atoms with van der Waals surface area (Å²) in [5.74, 6) is -0.221. The summed E-state index contributed by atoms with van der Waals surface area (Å²) in [4.78, 5) is 16.4. The molecule has 1 amide bonds. The zero-order chi connectivity index (χ0) is 16.9. The zero-order valence-electron chi connectivity index (χ0n) is 13.5. The van der Waals surface area contributed by atoms with Crippen molar-refractivity contribution in [1.82, 2.24) is 29.7 Å². The highest BCUT2D eigenvalue weighted by atomic mass is 16.3. The molecule has 2 N–H and O–H groups in total. The monoisotopic (exact) mass is 328 g/mol. The minimum absolute atomic E-state index is 0.0531. The van der Waals surface area contributed by atoms with Gasteiger partial charge in [0.1, 0.15) is 0 Å². The molecule has 3 aromatic rings. The van der Waals surface area contributed by atoms with Gasteiger partial charge in [-0.15, -0.1) is 0 Å². The second kappa shape index (κ2) is 7.22. The van der Waals surface area contributed by atoms with Crippen LogP contribution in [-0.4, -0.2) is 48.5 Å². The zero-order valence-corrected chi connectivity index (χ0v) is 13.5. The van der Waals surface area contributed by atoms with E-state index in [1.165, 1.54) is 0 Å². The van der Waals surface area contributed by atoms with Gasteiger partial charge in [0.05, 0.1) is 6.20 Å². The predicted octanol–water partition coefficient (Wildman–Crippen LogP) is 0.589. The van der Waals surface area contributed by atoms with Crippen LogP contribution in [0.1, 0.15) is 28.0 Å². The third-order valence-electron chi connectivity index (χ3n) is 3.61. The van der Waals surface area contributed by atoms with Crippen molar-refractivity contribution in [2.45, 2.75) is 26.3 Å². The summed E-state index contributed by atoms with van der Waals surface area (Å²) < 4.78 is 3.42. The molecule has 0 aliphatic heterocycles. The molecule has 8 nitrogen and oxygen atoms in total. The second-order valence-electron chi connectivity index (χ2n) is 5.66. The fraction of sp³-hybridized carbons (Fsp3) is 0.375. The molecule has 0 fully saturated rings. The van der Waals surface area contributed by atoms with Gasteiger partial charge in [-0.25, -0.2) is 9.50 Å². The van der Waals surface area contributed by atoms with Gasteiger partial charge in [0.25, 0.3) is 5.91 Å². The Morgan fingerprint density at radius 2 is 2.21 bits per heavy atom. The summed E-state index contributed by atoms with van der Waals surface area (Å²) in [7, 11) is 0. The fourth-order valence-corrected chi connectivity index (χ4v) is 2.41. The average Bonchev–Trinajstić information content (AvgIpc) is 3.17. The largest absolute Gasteiger partial charge is 0.396 e. The van der Waals surface area contributed by atoms with Crippen molar-refractivity contribution < 1.29 is 9.90 Å². The molecule has 0 bridgehead atoms. The molecule has 0 radical (unpaired) electrons. The first-order chi connectivity index (χ1) is 11.7. The van der Waals surface area contributed by atoms with Crippen LogP contribution in [-0.2, 0) is 13.0 Å². The summed E-state index contributed by atoms with van der Waals surface area (Å²) in [6.45, 7) is 3.35. The quantitative estimate of drug-likeness (QED) is 0.619. The number of fused-ring (bicyclic) bond motifs is 1. The molecule has 24 heavy (non-hydrogen) atoms. The molecule has 3 aromatic heterocycles. The lowest BCUT2D eigenvalue weighted by Gasteiger charge is -2.03. The minimum Gasteiger partial charge on any atom is -0.396 e. The highest BCUT2D eigenvalue weighted by molar-refractivity contribution is 5.93. The Balaban J connectivity index is 1.55. The number of aliphatic hydroxyl groups excluding tert-OH is 1. The standard InChI is InChI=1S/C16H20N6O2/c1-12-8-19-21(10-12)5-2-4-17-16(24)14-7-15-18-9-13(3-6-23)11-22(15)20-14/h7-11,23H,2-6H2,1H3,(H,17,24). The molecule has 0 unspecified atom stereocenters. The first-order valence-electron chi connectivity index (χ1n) is 7.88. The summed E-state index contributed by atoms with van der Waals surface area (Å²) in [5.41, 5.74) is 2.93. The van der Waals surface area contributed by atoms with E-state index in [9.17, 15) is 4.79 Å². The van der Waals surface area contributed by atoms with E-state index in [1.54, 1.807) is 23.0 Å². The topological polar surface area (TPSA) is 97.3 Å². The molecule has 3 rings (SSSR count). The van der Waals surface area contributed by atoms with Gasteiger partial charge in [0.2, 0.25) is 0 Å². The Kier molecular flexibility index (Phi) is 4.85. The predicted molar refractivity (Wildman–Crippen MR) is 87.7 cm³/mol. The lowest BCUT2D eigenvalue weighted by atomic mass is 10.2. The van der Waals surface area contributed by atoms with Crippen LogP contribution in [0.25, 0.3) is 5.65 Å². The number of rotatable bonds is 7. The van der Waals surface area contributed by atoms with Crippen LogP contribution in [0.3, 0.4) is 0 Å². The number of nitrogens with zero attached hydrogens (tertiary/aromatic N) is 5. The summed E-state index contributed by atoms with van der Waals surface area (Å²) in [6, 6.07) is 1.65. The van der Waals surface area contributed by atoms with Gasteiger partial charge >= 0.3 is 0 Å². The molecule has 0 spiro atoms. The van der Waals surface area contributed by atoms with E-state index in [1.807, 2.05) is 24.0 Å². The first kappa shape index (κ1) is 16.1. The van der Waals surface area contributed by atoms with Crippen LogP contribution in [0.4, 0.5) is 0 Å². The van der Waals surface area contributed by atoms with Gasteiger partial charge in [0.15, 0.2) is 11.3 Å². The lowest BCUT2D eigenvalue weighted by Crippen LogP contribution is -2.25. The number of amides is 1. The Morgan fingerprint density at radius 1 is 1.33 bits per heavy atom. The highest BCUT2D eigenvalue weighted by Crippen LogP contribution is 2.06. The van der Waals surface area contributed by atoms with E-state index in [-0.39, 0.29) is 12.5 Å². The molecule has 0 saturated heterocycles. The molecule has 0 atom stereocenters. The maximum absolute atomic E-state index is 12.2. The number of nitrogens with one attached hydrogen (secondary N) is 1. The number of aryl methyl sites for hydroxylation is 2. The number of carbonyl (C=O) groups excluding carboxylic acids is 1. The van der Waals surface area contributed by atoms with Gasteiger partial charge in [-0.05, 0) is 30.9 Å². The van der Waals surface area contributed by atoms with E-state index >= 15 is 0 Å². The van der Waals surface area contributed by atoms with E-state index in [4.69, 9.17) is 5.11 Å². The number of hydrogen-bond donors (Lipinski definition) is 2. The Bertz CT molecular complexity index is 838. The Labute approximate surface area is 139 Å². The van der Waals surface area contributed by atoms with Crippen molar-refractivity contribution in [2.75, 3.05) is 13.2 Å². The van der Waals surface area contributed by atoms with Crippen molar-refractivity contribution in [3.63, 3.8) is 0 Å². The van der Waals surface area contributed by atoms with Crippen LogP contribution < -0.4 is 5.32 Å². The molecule has 126 valence electrons. The molecule has 8 heteroatoms. The summed E-state index contributed by atoms with van der Waals surface area (Å²) in [6.07, 6.45) is 8.54. The van der Waals surface area contributed by atoms with Crippen LogP contribution in [0.15, 0.2) is 30.9 Å². The van der Waals surface area contributed by atoms with Gasteiger partial charge in [0, 0.05) is 44.4 Å². The maximum atomic E-state index is 12.2. The second-order valence-corrected chi connectivity index (χ2v) is 5.66. The number of aromatic nitrogens is 5. The van der Waals surface area contributed by atoms with Gasteiger partial charge < -0.3 is 10.4 Å². The normalized spacial score (nSPS) is 11.1. The number of aliphatic hydroxyl groups is 1. The summed E-state index contributed by atoms with van der Waals surface area (Å²) in [5, 5.41) is 20.3. The molecular formula is C16H20N6O2. The average molecular weight is 328 g/mol. The van der Waals surface area contributed by atoms with E-state index in [0.717, 1.165) is 24.1 Å². The van der Waals surface area contributed by atoms with Crippen LogP contribution in [0, 0.1) is 6.92 Å². The molecule has 0 aliphatic carbocycles. The smallest absolute Gasteiger partial charge is 0.271 e. The molecule has 0 aliphatic rings. The van der Waals surface area contributed by atoms with Crippen molar-refractivity contribution >= 4 is 11.6 Å². The van der Waals surface area contributed by atoms with E-state index < -0.39 is 0 Å². The maximum Gasteiger partial charge on any atom is 0.271 e. The van der Waals surface area contributed by atoms with Gasteiger partial charge in [-0.1, -0.05) is 0 Å². The number of hydrogen-bond acceptors (Lipinski definition) is 5. The SMILES string of the molecule is Cc1cnn(CCCNC(=O)c2cc3ncc(CCO)cn3n2)c1. The molecule has 3 heterocycles. The highest BCUT2D eigenvalue weighted by Gasteiger charge is 2.11. The molecule has 0 aromatic carbocycles. The van der Waals surface area contributed by atoms with Crippen molar-refractivity contribution in [3.8, 4) is 0 Å². The van der Waals surface area contributed by atoms with E-state index in [2.05, 4.69) is 20.5 Å². The minimum atomic E-state index is -0.221. The van der Waals surface area contributed by atoms with Gasteiger partial charge in [-0.3, -0.25) is 9.48 Å².